The molecule has 242 valence electrons. The summed E-state index contributed by atoms with van der Waals surface area (Å²) in [4.78, 5) is 10.3. The number of furan rings is 1. The van der Waals surface area contributed by atoms with Crippen molar-refractivity contribution in [1.82, 2.24) is 0 Å². The van der Waals surface area contributed by atoms with Crippen LogP contribution in [0.4, 0.5) is 0 Å². The number of para-hydroxylation sites is 1. The van der Waals surface area contributed by atoms with E-state index in [0.29, 0.717) is 18.2 Å². The number of nitrogens with zero attached hydrogens (tertiary/aromatic N) is 2. The molecule has 0 saturated heterocycles. The molecule has 4 heteroatoms. The van der Waals surface area contributed by atoms with Gasteiger partial charge < -0.3 is 10.2 Å². The van der Waals surface area contributed by atoms with Crippen LogP contribution in [0.25, 0.3) is 65.7 Å². The molecule has 0 fully saturated rings. The van der Waals surface area contributed by atoms with Gasteiger partial charge in [-0.2, -0.15) is 0 Å². The first-order valence-corrected chi connectivity index (χ1v) is 17.1. The maximum Gasteiger partial charge on any atom is 0.157 e. The van der Waals surface area contributed by atoms with Crippen LogP contribution in [0.15, 0.2) is 190 Å². The van der Waals surface area contributed by atoms with Crippen molar-refractivity contribution in [3.05, 3.63) is 193 Å². The number of amidine groups is 2. The number of rotatable bonds is 6. The summed E-state index contributed by atoms with van der Waals surface area (Å²) in [5, 5.41) is 6.70. The van der Waals surface area contributed by atoms with E-state index in [1.165, 1.54) is 21.7 Å². The fraction of sp³-hybridized carbons (Fsp3) is 0.0213. The van der Waals surface area contributed by atoms with E-state index >= 15 is 0 Å². The van der Waals surface area contributed by atoms with E-state index in [-0.39, 0.29) is 0 Å². The summed E-state index contributed by atoms with van der Waals surface area (Å²) in [7, 11) is 0. The van der Waals surface area contributed by atoms with Crippen LogP contribution in [0.3, 0.4) is 0 Å². The molecule has 0 spiro atoms. The van der Waals surface area contributed by atoms with Crippen LogP contribution in [-0.2, 0) is 6.54 Å². The Morgan fingerprint density at radius 3 is 2.04 bits per heavy atom. The van der Waals surface area contributed by atoms with Gasteiger partial charge in [-0.1, -0.05) is 152 Å². The average molecular weight is 656 g/mol. The Morgan fingerprint density at radius 2 is 1.20 bits per heavy atom. The minimum atomic E-state index is 0.375. The van der Waals surface area contributed by atoms with Gasteiger partial charge >= 0.3 is 0 Å². The zero-order valence-corrected chi connectivity index (χ0v) is 27.8. The topological polar surface area (TPSA) is 63.9 Å². The van der Waals surface area contributed by atoms with E-state index in [1.54, 1.807) is 0 Å². The number of hydrogen-bond donors (Lipinski definition) is 1. The van der Waals surface area contributed by atoms with E-state index in [0.717, 1.165) is 60.7 Å². The monoisotopic (exact) mass is 655 g/mol. The first kappa shape index (κ1) is 30.3. The van der Waals surface area contributed by atoms with Crippen molar-refractivity contribution in [3.63, 3.8) is 0 Å². The summed E-state index contributed by atoms with van der Waals surface area (Å²) < 4.78 is 6.34. The largest absolute Gasteiger partial charge is 0.456 e. The second-order valence-electron chi connectivity index (χ2n) is 12.7. The van der Waals surface area contributed by atoms with E-state index in [2.05, 4.69) is 133 Å². The molecule has 0 aliphatic heterocycles. The third kappa shape index (κ3) is 5.73. The van der Waals surface area contributed by atoms with Gasteiger partial charge in [0.15, 0.2) is 5.84 Å². The smallest absolute Gasteiger partial charge is 0.157 e. The number of aliphatic imine (C=N–C) groups is 2. The highest BCUT2D eigenvalue weighted by Crippen LogP contribution is 2.38. The summed E-state index contributed by atoms with van der Waals surface area (Å²) in [6.07, 6.45) is 0. The molecule has 0 aliphatic rings. The van der Waals surface area contributed by atoms with E-state index in [1.807, 2.05) is 42.5 Å². The van der Waals surface area contributed by atoms with Gasteiger partial charge in [-0.15, -0.1) is 0 Å². The molecule has 8 aromatic carbocycles. The zero-order chi connectivity index (χ0) is 34.1. The Labute approximate surface area is 295 Å². The Kier molecular flexibility index (Phi) is 7.67. The predicted molar refractivity (Wildman–Crippen MR) is 213 cm³/mol. The molecule has 2 N–H and O–H groups in total. The summed E-state index contributed by atoms with van der Waals surface area (Å²) in [6.45, 7) is 0.467. The molecule has 0 radical (unpaired) electrons. The Morgan fingerprint density at radius 1 is 0.510 bits per heavy atom. The molecule has 4 nitrogen and oxygen atoms in total. The van der Waals surface area contributed by atoms with Gasteiger partial charge in [-0.25, -0.2) is 4.99 Å². The van der Waals surface area contributed by atoms with E-state index in [4.69, 9.17) is 20.1 Å². The third-order valence-corrected chi connectivity index (χ3v) is 9.58. The molecule has 51 heavy (non-hydrogen) atoms. The van der Waals surface area contributed by atoms with Crippen LogP contribution in [-0.4, -0.2) is 11.7 Å². The molecule has 0 atom stereocenters. The highest BCUT2D eigenvalue weighted by atomic mass is 16.3. The fourth-order valence-corrected chi connectivity index (χ4v) is 7.07. The van der Waals surface area contributed by atoms with E-state index < -0.39 is 0 Å². The van der Waals surface area contributed by atoms with Crippen molar-refractivity contribution in [1.29, 1.82) is 0 Å². The second-order valence-corrected chi connectivity index (χ2v) is 12.7. The minimum Gasteiger partial charge on any atom is -0.456 e. The lowest BCUT2D eigenvalue weighted by Crippen LogP contribution is -2.18. The molecule has 0 amide bonds. The molecular weight excluding hydrogens is 623 g/mol. The summed E-state index contributed by atoms with van der Waals surface area (Å²) >= 11 is 0. The van der Waals surface area contributed by atoms with Gasteiger partial charge in [0.25, 0.3) is 0 Å². The van der Waals surface area contributed by atoms with Crippen molar-refractivity contribution in [2.24, 2.45) is 15.7 Å². The molecule has 0 aliphatic carbocycles. The van der Waals surface area contributed by atoms with Crippen LogP contribution in [0.2, 0.25) is 0 Å². The van der Waals surface area contributed by atoms with Crippen LogP contribution in [0.5, 0.6) is 0 Å². The Bertz CT molecular complexity index is 2770. The molecular formula is C47H33N3O. The Balaban J connectivity index is 1.21. The van der Waals surface area contributed by atoms with Gasteiger partial charge in [0, 0.05) is 21.9 Å². The molecule has 1 aromatic heterocycles. The van der Waals surface area contributed by atoms with Gasteiger partial charge in [-0.05, 0) is 73.6 Å². The van der Waals surface area contributed by atoms with Crippen LogP contribution >= 0.6 is 0 Å². The van der Waals surface area contributed by atoms with Gasteiger partial charge in [-0.3, -0.25) is 4.99 Å². The third-order valence-electron chi connectivity index (χ3n) is 9.58. The van der Waals surface area contributed by atoms with Gasteiger partial charge in [0.2, 0.25) is 0 Å². The fourth-order valence-electron chi connectivity index (χ4n) is 7.07. The first-order valence-electron chi connectivity index (χ1n) is 17.1. The normalized spacial score (nSPS) is 12.3. The van der Waals surface area contributed by atoms with E-state index in [9.17, 15) is 0 Å². The van der Waals surface area contributed by atoms with Crippen LogP contribution < -0.4 is 5.73 Å². The number of fused-ring (bicyclic) bond motifs is 5. The highest BCUT2D eigenvalue weighted by Gasteiger charge is 2.20. The summed E-state index contributed by atoms with van der Waals surface area (Å²) in [5.74, 6) is 0.940. The van der Waals surface area contributed by atoms with Crippen molar-refractivity contribution >= 4 is 55.2 Å². The second kappa shape index (κ2) is 12.9. The van der Waals surface area contributed by atoms with Crippen molar-refractivity contribution in [3.8, 4) is 22.3 Å². The minimum absolute atomic E-state index is 0.375. The highest BCUT2D eigenvalue weighted by molar-refractivity contribution is 6.23. The lowest BCUT2D eigenvalue weighted by molar-refractivity contribution is 0.669. The van der Waals surface area contributed by atoms with Gasteiger partial charge in [0.1, 0.15) is 17.0 Å². The lowest BCUT2D eigenvalue weighted by Gasteiger charge is -2.13. The number of benzene rings is 8. The maximum absolute atomic E-state index is 7.18. The Hall–Kier alpha value is -6.78. The lowest BCUT2D eigenvalue weighted by atomic mass is 9.93. The first-order chi connectivity index (χ1) is 25.2. The predicted octanol–water partition coefficient (Wildman–Crippen LogP) is 11.6. The standard InChI is InChI=1S/C47H33N3O/c48-46(45-40(37-26-21-32-13-4-5-15-36(32)29-37)27-28-43-44(45)41-18-8-9-20-42(41)51-43)50-47(49-30-31-11-2-1-3-12-31)35-24-22-34(23-25-35)39-19-10-16-33-14-6-7-17-38(33)39/h1-29H,30H2,(H2,48,49,50). The number of nitrogens with two attached hydrogens (primary N) is 1. The SMILES string of the molecule is NC(=NC(=NCc1ccccc1)c1ccc(-c2cccc3ccccc23)cc1)c1c(-c2ccc3ccccc3c2)ccc2oc3ccccc3c12. The zero-order valence-electron chi connectivity index (χ0n) is 27.8. The van der Waals surface area contributed by atoms with Crippen LogP contribution in [0, 0.1) is 0 Å². The summed E-state index contributed by atoms with van der Waals surface area (Å²) in [6, 6.07) is 60.7. The molecule has 0 unspecified atom stereocenters. The molecule has 1 heterocycles. The van der Waals surface area contributed by atoms with Crippen molar-refractivity contribution in [2.45, 2.75) is 6.54 Å². The average Bonchev–Trinajstić information content (AvgIpc) is 3.58. The van der Waals surface area contributed by atoms with Crippen molar-refractivity contribution < 1.29 is 4.42 Å². The van der Waals surface area contributed by atoms with Gasteiger partial charge in [0.05, 0.1) is 6.54 Å². The van der Waals surface area contributed by atoms with Crippen LogP contribution in [0.1, 0.15) is 16.7 Å². The molecule has 9 aromatic rings. The number of hydrogen-bond acceptors (Lipinski definition) is 2. The maximum atomic E-state index is 7.18. The summed E-state index contributed by atoms with van der Waals surface area (Å²) in [5.41, 5.74) is 15.9. The molecule has 9 rings (SSSR count). The molecule has 0 bridgehead atoms. The van der Waals surface area contributed by atoms with Crippen molar-refractivity contribution in [2.75, 3.05) is 0 Å². The quantitative estimate of drug-likeness (QED) is 0.143. The molecule has 0 saturated carbocycles.